The fraction of sp³-hybridized carbons (Fsp3) is 0.833. The van der Waals surface area contributed by atoms with E-state index in [1.807, 2.05) is 12.2 Å². The quantitative estimate of drug-likeness (QED) is 0.376. The number of ether oxygens (including phenoxy) is 1. The standard InChI is InChI=1S/C12H21NO5S/c13-7-4-2-1-3-6(5-14)19-12-10(17)8(15)9(16)11(7)18-12/h1-2,6-12,14-17H,3-5,13H2/b2-1-/t6?,7-,8?,9?,10-,11-,12?/m1/s1. The van der Waals surface area contributed by atoms with Gasteiger partial charge < -0.3 is 30.9 Å². The van der Waals surface area contributed by atoms with Crippen LogP contribution >= 0.6 is 11.8 Å². The van der Waals surface area contributed by atoms with Crippen LogP contribution in [0.4, 0.5) is 0 Å². The summed E-state index contributed by atoms with van der Waals surface area (Å²) in [5, 5.41) is 38.9. The summed E-state index contributed by atoms with van der Waals surface area (Å²) in [5.41, 5.74) is 5.26. The zero-order valence-electron chi connectivity index (χ0n) is 10.5. The second-order valence-electron chi connectivity index (χ2n) is 4.99. The van der Waals surface area contributed by atoms with E-state index >= 15 is 0 Å². The summed E-state index contributed by atoms with van der Waals surface area (Å²) >= 11 is 1.26. The highest BCUT2D eigenvalue weighted by atomic mass is 32.2. The van der Waals surface area contributed by atoms with E-state index in [-0.39, 0.29) is 11.9 Å². The third-order valence-electron chi connectivity index (χ3n) is 3.53. The predicted octanol–water partition coefficient (Wildman–Crippen LogP) is -1.43. The zero-order valence-corrected chi connectivity index (χ0v) is 11.3. The van der Waals surface area contributed by atoms with Gasteiger partial charge in [0.05, 0.1) is 6.61 Å². The van der Waals surface area contributed by atoms with Gasteiger partial charge in [-0.15, -0.1) is 11.8 Å². The van der Waals surface area contributed by atoms with Crippen LogP contribution in [0.15, 0.2) is 12.2 Å². The Morgan fingerprint density at radius 3 is 2.47 bits per heavy atom. The monoisotopic (exact) mass is 291 g/mol. The van der Waals surface area contributed by atoms with Crippen molar-refractivity contribution in [1.82, 2.24) is 0 Å². The van der Waals surface area contributed by atoms with Crippen molar-refractivity contribution in [1.29, 1.82) is 0 Å². The second kappa shape index (κ2) is 6.53. The molecule has 0 amide bonds. The highest BCUT2D eigenvalue weighted by Gasteiger charge is 2.46. The van der Waals surface area contributed by atoms with E-state index in [0.717, 1.165) is 0 Å². The van der Waals surface area contributed by atoms with E-state index in [4.69, 9.17) is 10.5 Å². The van der Waals surface area contributed by atoms with Crippen molar-refractivity contribution < 1.29 is 25.2 Å². The topological polar surface area (TPSA) is 116 Å². The first-order chi connectivity index (χ1) is 9.04. The third kappa shape index (κ3) is 3.30. The number of fused-ring (bicyclic) bond motifs is 2. The van der Waals surface area contributed by atoms with Crippen molar-refractivity contribution >= 4 is 11.8 Å². The normalized spacial score (nSPS) is 49.6. The number of hydrogen-bond acceptors (Lipinski definition) is 7. The molecule has 0 saturated carbocycles. The first-order valence-corrected chi connectivity index (χ1v) is 7.35. The van der Waals surface area contributed by atoms with Crippen LogP contribution in [0.5, 0.6) is 0 Å². The van der Waals surface area contributed by atoms with E-state index in [2.05, 4.69) is 0 Å². The minimum Gasteiger partial charge on any atom is -0.395 e. The lowest BCUT2D eigenvalue weighted by Crippen LogP contribution is -2.61. The molecule has 7 atom stereocenters. The van der Waals surface area contributed by atoms with Crippen molar-refractivity contribution in [3.05, 3.63) is 12.2 Å². The van der Waals surface area contributed by atoms with Gasteiger partial charge in [-0.05, 0) is 12.8 Å². The molecule has 2 aliphatic rings. The summed E-state index contributed by atoms with van der Waals surface area (Å²) in [6, 6.07) is -0.442. The van der Waals surface area contributed by atoms with Gasteiger partial charge in [-0.3, -0.25) is 0 Å². The van der Waals surface area contributed by atoms with Crippen LogP contribution in [-0.2, 0) is 4.74 Å². The SMILES string of the molecule is N[C@@H]1C/C=C\CC(CO)SC2O[C@H]1C(O)C(O)[C@H]2O. The largest absolute Gasteiger partial charge is 0.395 e. The number of nitrogens with two attached hydrogens (primary N) is 1. The Morgan fingerprint density at radius 2 is 1.79 bits per heavy atom. The van der Waals surface area contributed by atoms with Gasteiger partial charge in [0.25, 0.3) is 0 Å². The number of thioether (sulfide) groups is 1. The minimum atomic E-state index is -1.29. The van der Waals surface area contributed by atoms with Crippen LogP contribution in [-0.4, -0.2) is 68.2 Å². The molecule has 0 radical (unpaired) electrons. The molecule has 2 aliphatic heterocycles. The molecule has 110 valence electrons. The molecule has 2 rings (SSSR count). The molecular weight excluding hydrogens is 270 g/mol. The lowest BCUT2D eigenvalue weighted by atomic mass is 9.93. The van der Waals surface area contributed by atoms with E-state index in [1.165, 1.54) is 11.8 Å². The summed E-state index contributed by atoms with van der Waals surface area (Å²) in [5.74, 6) is 0. The third-order valence-corrected chi connectivity index (χ3v) is 4.92. The Bertz CT molecular complexity index is 329. The molecule has 2 heterocycles. The zero-order chi connectivity index (χ0) is 14.0. The highest BCUT2D eigenvalue weighted by Crippen LogP contribution is 2.34. The first-order valence-electron chi connectivity index (χ1n) is 6.41. The Hall–Kier alpha value is -0.150. The maximum Gasteiger partial charge on any atom is 0.132 e. The van der Waals surface area contributed by atoms with Crippen LogP contribution in [0.2, 0.25) is 0 Å². The Kier molecular flexibility index (Phi) is 5.24. The Labute approximate surface area is 116 Å². The van der Waals surface area contributed by atoms with Gasteiger partial charge in [-0.2, -0.15) is 0 Å². The van der Waals surface area contributed by atoms with E-state index in [0.29, 0.717) is 12.8 Å². The Morgan fingerprint density at radius 1 is 1.11 bits per heavy atom. The number of allylic oxidation sites excluding steroid dienone is 1. The van der Waals surface area contributed by atoms with Crippen molar-refractivity contribution in [3.8, 4) is 0 Å². The van der Waals surface area contributed by atoms with Crippen LogP contribution in [0.25, 0.3) is 0 Å². The fourth-order valence-corrected chi connectivity index (χ4v) is 3.54. The van der Waals surface area contributed by atoms with Crippen molar-refractivity contribution in [2.45, 2.75) is 54.0 Å². The van der Waals surface area contributed by atoms with Crippen molar-refractivity contribution in [3.63, 3.8) is 0 Å². The molecule has 6 nitrogen and oxygen atoms in total. The maximum absolute atomic E-state index is 9.94. The van der Waals surface area contributed by atoms with E-state index in [9.17, 15) is 20.4 Å². The molecule has 4 unspecified atom stereocenters. The molecule has 0 aromatic carbocycles. The van der Waals surface area contributed by atoms with Crippen molar-refractivity contribution in [2.75, 3.05) is 6.61 Å². The van der Waals surface area contributed by atoms with Gasteiger partial charge in [0, 0.05) is 11.3 Å². The smallest absolute Gasteiger partial charge is 0.132 e. The Balaban J connectivity index is 2.21. The van der Waals surface area contributed by atoms with Crippen LogP contribution in [0, 0.1) is 0 Å². The molecule has 7 heteroatoms. The lowest BCUT2D eigenvalue weighted by Gasteiger charge is -2.43. The molecule has 0 aromatic heterocycles. The summed E-state index contributed by atoms with van der Waals surface area (Å²) in [6.45, 7) is -0.0447. The van der Waals surface area contributed by atoms with Gasteiger partial charge in [0.1, 0.15) is 29.9 Å². The number of aliphatic hydroxyl groups is 4. The molecule has 1 fully saturated rings. The van der Waals surface area contributed by atoms with E-state index in [1.54, 1.807) is 0 Å². The van der Waals surface area contributed by atoms with Crippen LogP contribution in [0.3, 0.4) is 0 Å². The fourth-order valence-electron chi connectivity index (χ4n) is 2.34. The first kappa shape index (κ1) is 15.2. The highest BCUT2D eigenvalue weighted by molar-refractivity contribution is 8.00. The van der Waals surface area contributed by atoms with Crippen LogP contribution in [0.1, 0.15) is 12.8 Å². The molecule has 1 saturated heterocycles. The summed E-state index contributed by atoms with van der Waals surface area (Å²) in [7, 11) is 0. The van der Waals surface area contributed by atoms with Gasteiger partial charge in [-0.1, -0.05) is 12.2 Å². The number of rotatable bonds is 1. The number of aliphatic hydroxyl groups excluding tert-OH is 4. The summed E-state index contributed by atoms with van der Waals surface area (Å²) in [6.07, 6.45) is 0.571. The average Bonchev–Trinajstić information content (AvgIpc) is 2.41. The molecule has 6 N–H and O–H groups in total. The predicted molar refractivity (Wildman–Crippen MR) is 71.5 cm³/mol. The number of hydrogen-bond donors (Lipinski definition) is 5. The van der Waals surface area contributed by atoms with Gasteiger partial charge in [0.2, 0.25) is 0 Å². The molecule has 2 bridgehead atoms. The molecule has 0 aliphatic carbocycles. The average molecular weight is 291 g/mol. The maximum atomic E-state index is 9.94. The molecule has 19 heavy (non-hydrogen) atoms. The molecule has 0 spiro atoms. The van der Waals surface area contributed by atoms with Crippen molar-refractivity contribution in [2.24, 2.45) is 5.73 Å². The van der Waals surface area contributed by atoms with E-state index < -0.39 is 35.9 Å². The molecule has 0 aromatic rings. The van der Waals surface area contributed by atoms with Gasteiger partial charge >= 0.3 is 0 Å². The second-order valence-corrected chi connectivity index (χ2v) is 6.39. The summed E-state index contributed by atoms with van der Waals surface area (Å²) < 4.78 is 5.64. The van der Waals surface area contributed by atoms with Crippen LogP contribution < -0.4 is 5.73 Å². The van der Waals surface area contributed by atoms with Gasteiger partial charge in [0.15, 0.2) is 0 Å². The summed E-state index contributed by atoms with van der Waals surface area (Å²) in [4.78, 5) is 0. The minimum absolute atomic E-state index is 0.0447. The molecular formula is C12H21NO5S. The van der Waals surface area contributed by atoms with Gasteiger partial charge in [-0.25, -0.2) is 0 Å². The lowest BCUT2D eigenvalue weighted by molar-refractivity contribution is -0.202.